The van der Waals surface area contributed by atoms with E-state index < -0.39 is 5.97 Å². The van der Waals surface area contributed by atoms with Crippen LogP contribution in [0.4, 0.5) is 5.69 Å². The zero-order chi connectivity index (χ0) is 38.5. The SMILES string of the molecule is CCCCC(CCCC)OC(=O)CCCCCCCCCCc1cc(N=C2CC3=C(N=C4C=CC(N(C)C)=CC4O3)C3=C2C=CCC3=O)ccc1C(=O)O. The number of benzene rings is 1. The molecule has 9 nitrogen and oxygen atoms in total. The average molecular weight is 738 g/mol. The first-order chi connectivity index (χ1) is 26.2. The van der Waals surface area contributed by atoms with Crippen LogP contribution in [-0.4, -0.2) is 65.5 Å². The fourth-order valence-electron chi connectivity index (χ4n) is 7.48. The van der Waals surface area contributed by atoms with E-state index in [1.807, 2.05) is 55.4 Å². The molecule has 1 atom stereocenters. The molecule has 1 unspecified atom stereocenters. The third kappa shape index (κ3) is 11.0. The molecule has 1 N–H and O–H groups in total. The second kappa shape index (κ2) is 20.2. The smallest absolute Gasteiger partial charge is 0.335 e. The number of aliphatic imine (C=N–C) groups is 2. The summed E-state index contributed by atoms with van der Waals surface area (Å²) in [6, 6.07) is 5.26. The van der Waals surface area contributed by atoms with E-state index in [0.717, 1.165) is 112 Å². The number of carbonyl (C=O) groups is 3. The maximum absolute atomic E-state index is 13.3. The number of Topliss-reactive ketones (excluding diaryl/α,β-unsaturated/α-hetero) is 1. The van der Waals surface area contributed by atoms with Gasteiger partial charge in [0.05, 0.1) is 34.7 Å². The molecule has 4 aliphatic rings. The van der Waals surface area contributed by atoms with Crippen molar-refractivity contribution in [2.75, 3.05) is 14.1 Å². The number of allylic oxidation sites excluding steroid dienone is 6. The van der Waals surface area contributed by atoms with Crippen LogP contribution in [0.2, 0.25) is 0 Å². The van der Waals surface area contributed by atoms with Crippen LogP contribution in [0.25, 0.3) is 0 Å². The number of fused-ring (bicyclic) bond motifs is 2. The number of ketones is 1. The van der Waals surface area contributed by atoms with E-state index >= 15 is 0 Å². The van der Waals surface area contributed by atoms with Gasteiger partial charge >= 0.3 is 11.9 Å². The number of carbonyl (C=O) groups excluding carboxylic acids is 2. The predicted octanol–water partition coefficient (Wildman–Crippen LogP) is 10.1. The highest BCUT2D eigenvalue weighted by Crippen LogP contribution is 2.39. The van der Waals surface area contributed by atoms with Crippen molar-refractivity contribution in [2.24, 2.45) is 9.98 Å². The van der Waals surface area contributed by atoms with Gasteiger partial charge in [0.1, 0.15) is 17.6 Å². The Kier molecular flexibility index (Phi) is 15.2. The Bertz CT molecular complexity index is 1750. The Hall–Kier alpha value is -4.53. The fourth-order valence-corrected chi connectivity index (χ4v) is 7.48. The topological polar surface area (TPSA) is 118 Å². The van der Waals surface area contributed by atoms with Gasteiger partial charge in [-0.05, 0) is 74.1 Å². The molecule has 0 radical (unpaired) electrons. The molecule has 0 saturated heterocycles. The molecule has 290 valence electrons. The number of rotatable bonds is 21. The van der Waals surface area contributed by atoms with E-state index in [2.05, 4.69) is 13.8 Å². The monoisotopic (exact) mass is 737 g/mol. The second-order valence-electron chi connectivity index (χ2n) is 15.1. The predicted molar refractivity (Wildman–Crippen MR) is 215 cm³/mol. The zero-order valence-electron chi connectivity index (χ0n) is 32.8. The number of ether oxygens (including phenoxy) is 2. The number of carboxylic acid groups (broad SMARTS) is 1. The highest BCUT2D eigenvalue weighted by molar-refractivity contribution is 6.18. The number of likely N-dealkylation sites (N-methyl/N-ethyl adjacent to an activating group) is 1. The van der Waals surface area contributed by atoms with Crippen LogP contribution in [0.3, 0.4) is 0 Å². The molecule has 0 bridgehead atoms. The number of hydrogen-bond donors (Lipinski definition) is 1. The van der Waals surface area contributed by atoms with E-state index in [4.69, 9.17) is 19.5 Å². The van der Waals surface area contributed by atoms with E-state index in [0.29, 0.717) is 59.7 Å². The van der Waals surface area contributed by atoms with Gasteiger partial charge in [-0.2, -0.15) is 0 Å². The van der Waals surface area contributed by atoms with Crippen molar-refractivity contribution in [1.29, 1.82) is 0 Å². The van der Waals surface area contributed by atoms with E-state index in [1.54, 1.807) is 12.1 Å². The molecule has 0 amide bonds. The summed E-state index contributed by atoms with van der Waals surface area (Å²) in [5.41, 5.74) is 6.11. The molecule has 0 saturated carbocycles. The lowest BCUT2D eigenvalue weighted by molar-refractivity contribution is -0.150. The van der Waals surface area contributed by atoms with Crippen molar-refractivity contribution in [3.63, 3.8) is 0 Å². The Labute approximate surface area is 321 Å². The van der Waals surface area contributed by atoms with Crippen LogP contribution in [0.1, 0.15) is 139 Å². The molecule has 1 heterocycles. The van der Waals surface area contributed by atoms with E-state index in [-0.39, 0.29) is 24.0 Å². The summed E-state index contributed by atoms with van der Waals surface area (Å²) in [6.07, 6.45) is 26.0. The third-order valence-corrected chi connectivity index (χ3v) is 10.6. The summed E-state index contributed by atoms with van der Waals surface area (Å²) in [7, 11) is 3.96. The summed E-state index contributed by atoms with van der Waals surface area (Å²) in [4.78, 5) is 49.8. The van der Waals surface area contributed by atoms with Gasteiger partial charge in [-0.3, -0.25) is 14.6 Å². The van der Waals surface area contributed by atoms with Gasteiger partial charge in [0.25, 0.3) is 0 Å². The number of esters is 1. The lowest BCUT2D eigenvalue weighted by atomic mass is 9.84. The molecule has 3 aliphatic carbocycles. The number of hydrogen-bond acceptors (Lipinski definition) is 8. The maximum atomic E-state index is 13.3. The van der Waals surface area contributed by atoms with Crippen molar-refractivity contribution >= 4 is 34.8 Å². The van der Waals surface area contributed by atoms with Gasteiger partial charge in [0, 0.05) is 38.2 Å². The lowest BCUT2D eigenvalue weighted by Gasteiger charge is -2.33. The Balaban J connectivity index is 1.13. The first-order valence-corrected chi connectivity index (χ1v) is 20.3. The summed E-state index contributed by atoms with van der Waals surface area (Å²) in [5, 5.41) is 9.96. The highest BCUT2D eigenvalue weighted by Gasteiger charge is 2.36. The van der Waals surface area contributed by atoms with Crippen molar-refractivity contribution in [3.8, 4) is 0 Å². The van der Waals surface area contributed by atoms with Gasteiger partial charge in [0.15, 0.2) is 11.9 Å². The van der Waals surface area contributed by atoms with Crippen LogP contribution >= 0.6 is 0 Å². The van der Waals surface area contributed by atoms with Crippen molar-refractivity contribution < 1.29 is 29.0 Å². The molecule has 1 aromatic carbocycles. The second-order valence-corrected chi connectivity index (χ2v) is 15.1. The molecule has 1 aromatic rings. The highest BCUT2D eigenvalue weighted by atomic mass is 16.5. The lowest BCUT2D eigenvalue weighted by Crippen LogP contribution is -2.33. The Morgan fingerprint density at radius 3 is 2.35 bits per heavy atom. The molecule has 0 spiro atoms. The third-order valence-electron chi connectivity index (χ3n) is 10.6. The minimum Gasteiger partial charge on any atom is -0.482 e. The number of unbranched alkanes of at least 4 members (excludes halogenated alkanes) is 9. The first-order valence-electron chi connectivity index (χ1n) is 20.3. The van der Waals surface area contributed by atoms with Crippen molar-refractivity contribution in [3.05, 3.63) is 88.0 Å². The average Bonchev–Trinajstić information content (AvgIpc) is 3.15. The molecule has 0 aromatic heterocycles. The van der Waals surface area contributed by atoms with Gasteiger partial charge in [-0.1, -0.05) is 90.2 Å². The largest absolute Gasteiger partial charge is 0.482 e. The number of carboxylic acids is 1. The zero-order valence-corrected chi connectivity index (χ0v) is 32.8. The van der Waals surface area contributed by atoms with Gasteiger partial charge < -0.3 is 19.5 Å². The van der Waals surface area contributed by atoms with Crippen molar-refractivity contribution in [1.82, 2.24) is 4.90 Å². The van der Waals surface area contributed by atoms with Crippen LogP contribution in [0, 0.1) is 0 Å². The number of aromatic carboxylic acids is 1. The quantitative estimate of drug-likeness (QED) is 0.0986. The molecular weight excluding hydrogens is 679 g/mol. The Morgan fingerprint density at radius 1 is 0.963 bits per heavy atom. The van der Waals surface area contributed by atoms with Gasteiger partial charge in [0.2, 0.25) is 0 Å². The summed E-state index contributed by atoms with van der Waals surface area (Å²) in [5.74, 6) is -0.372. The standard InChI is InChI=1S/C45H59N3O6/c1-5-7-19-34(20-8-6-2)53-42(50)23-16-14-12-10-9-11-13-15-18-31-28-32(24-26-35(31)45(51)52)46-38-30-41-44(43-36(38)21-17-22-39(43)49)47-37-27-25-33(48(3)4)29-40(37)54-41/h17,21,24-29,34,40H,5-16,18-20,22-23,30H2,1-4H3,(H,51,52). The normalized spacial score (nSPS) is 18.3. The Morgan fingerprint density at radius 2 is 1.67 bits per heavy atom. The molecule has 0 fully saturated rings. The van der Waals surface area contributed by atoms with Crippen LogP contribution in [0.15, 0.2) is 86.9 Å². The number of nitrogens with zero attached hydrogens (tertiary/aromatic N) is 3. The summed E-state index contributed by atoms with van der Waals surface area (Å²) in [6.45, 7) is 4.34. The molecule has 54 heavy (non-hydrogen) atoms. The number of aryl methyl sites for hydroxylation is 1. The summed E-state index contributed by atoms with van der Waals surface area (Å²) >= 11 is 0. The maximum Gasteiger partial charge on any atom is 0.335 e. The molecule has 9 heteroatoms. The van der Waals surface area contributed by atoms with E-state index in [1.165, 1.54) is 0 Å². The van der Waals surface area contributed by atoms with Gasteiger partial charge in [-0.15, -0.1) is 0 Å². The van der Waals surface area contributed by atoms with Crippen molar-refractivity contribution in [2.45, 2.75) is 142 Å². The minimum absolute atomic E-state index is 0.0150. The molecule has 5 rings (SSSR count). The minimum atomic E-state index is -0.945. The molecular formula is C45H59N3O6. The van der Waals surface area contributed by atoms with Crippen LogP contribution in [-0.2, 0) is 25.5 Å². The molecule has 1 aliphatic heterocycles. The summed E-state index contributed by atoms with van der Waals surface area (Å²) < 4.78 is 12.3. The fraction of sp³-hybridized carbons (Fsp3) is 0.533. The van der Waals surface area contributed by atoms with E-state index in [9.17, 15) is 19.5 Å². The first kappa shape index (κ1) is 40.7. The van der Waals surface area contributed by atoms with Crippen LogP contribution < -0.4 is 0 Å². The van der Waals surface area contributed by atoms with Gasteiger partial charge in [-0.25, -0.2) is 9.79 Å². The van der Waals surface area contributed by atoms with Crippen LogP contribution in [0.5, 0.6) is 0 Å².